The maximum atomic E-state index is 6.00. The minimum atomic E-state index is 0.275. The average molecular weight is 250 g/mol. The first kappa shape index (κ1) is 12.1. The molecule has 5 heteroatoms. The normalized spacial score (nSPS) is 27.3. The van der Waals surface area contributed by atoms with Gasteiger partial charge in [0.15, 0.2) is 5.82 Å². The van der Waals surface area contributed by atoms with Crippen molar-refractivity contribution in [2.75, 3.05) is 13.1 Å². The van der Waals surface area contributed by atoms with Crippen molar-refractivity contribution in [3.8, 4) is 0 Å². The molecule has 5 nitrogen and oxygen atoms in total. The Morgan fingerprint density at radius 1 is 1.44 bits per heavy atom. The number of nitrogens with zero attached hydrogens (tertiary/aromatic N) is 3. The molecular formula is C13H22N4O. The van der Waals surface area contributed by atoms with E-state index in [-0.39, 0.29) is 6.04 Å². The molecule has 0 bridgehead atoms. The zero-order chi connectivity index (χ0) is 12.5. The fourth-order valence-electron chi connectivity index (χ4n) is 2.69. The quantitative estimate of drug-likeness (QED) is 0.877. The number of rotatable bonds is 4. The van der Waals surface area contributed by atoms with Crippen LogP contribution in [0.15, 0.2) is 4.52 Å². The molecule has 2 atom stereocenters. The lowest BCUT2D eigenvalue weighted by molar-refractivity contribution is 0.139. The SMILES string of the molecule is CC(N)C1CCCN(Cc2nc(C3CC3)no2)C1. The van der Waals surface area contributed by atoms with Crippen LogP contribution in [0, 0.1) is 5.92 Å². The highest BCUT2D eigenvalue weighted by molar-refractivity contribution is 5.03. The molecule has 1 aromatic rings. The van der Waals surface area contributed by atoms with Crippen LogP contribution in [0.1, 0.15) is 50.2 Å². The smallest absolute Gasteiger partial charge is 0.240 e. The molecule has 2 aliphatic rings. The summed E-state index contributed by atoms with van der Waals surface area (Å²) in [6.45, 7) is 5.05. The van der Waals surface area contributed by atoms with Gasteiger partial charge in [-0.1, -0.05) is 5.16 Å². The van der Waals surface area contributed by atoms with E-state index < -0.39 is 0 Å². The van der Waals surface area contributed by atoms with Crippen molar-refractivity contribution in [1.29, 1.82) is 0 Å². The van der Waals surface area contributed by atoms with Gasteiger partial charge in [0.2, 0.25) is 5.89 Å². The van der Waals surface area contributed by atoms with Gasteiger partial charge in [0.05, 0.1) is 6.54 Å². The van der Waals surface area contributed by atoms with E-state index in [1.54, 1.807) is 0 Å². The van der Waals surface area contributed by atoms with Gasteiger partial charge < -0.3 is 10.3 Å². The monoisotopic (exact) mass is 250 g/mol. The molecule has 1 aromatic heterocycles. The summed E-state index contributed by atoms with van der Waals surface area (Å²) in [7, 11) is 0. The van der Waals surface area contributed by atoms with Crippen molar-refractivity contribution in [1.82, 2.24) is 15.0 Å². The summed E-state index contributed by atoms with van der Waals surface area (Å²) in [5.41, 5.74) is 6.00. The van der Waals surface area contributed by atoms with E-state index in [0.717, 1.165) is 31.3 Å². The lowest BCUT2D eigenvalue weighted by Crippen LogP contribution is -2.41. The Morgan fingerprint density at radius 3 is 3.00 bits per heavy atom. The number of piperidine rings is 1. The van der Waals surface area contributed by atoms with Gasteiger partial charge in [0, 0.05) is 18.5 Å². The summed E-state index contributed by atoms with van der Waals surface area (Å²) in [4.78, 5) is 6.88. The van der Waals surface area contributed by atoms with Crippen LogP contribution in [0.25, 0.3) is 0 Å². The average Bonchev–Trinajstić information content (AvgIpc) is 3.11. The van der Waals surface area contributed by atoms with Crippen molar-refractivity contribution >= 4 is 0 Å². The van der Waals surface area contributed by atoms with E-state index >= 15 is 0 Å². The summed E-state index contributed by atoms with van der Waals surface area (Å²) in [6, 6.07) is 0.275. The first-order chi connectivity index (χ1) is 8.72. The van der Waals surface area contributed by atoms with Crippen LogP contribution in [-0.2, 0) is 6.54 Å². The first-order valence-electron chi connectivity index (χ1n) is 7.03. The third kappa shape index (κ3) is 2.72. The lowest BCUT2D eigenvalue weighted by Gasteiger charge is -2.33. The minimum Gasteiger partial charge on any atom is -0.338 e. The van der Waals surface area contributed by atoms with Crippen LogP contribution in [-0.4, -0.2) is 34.2 Å². The van der Waals surface area contributed by atoms with E-state index in [0.29, 0.717) is 11.8 Å². The molecule has 18 heavy (non-hydrogen) atoms. The third-order valence-corrected chi connectivity index (χ3v) is 4.07. The second-order valence-electron chi connectivity index (χ2n) is 5.82. The molecule has 2 N–H and O–H groups in total. The molecule has 1 saturated carbocycles. The van der Waals surface area contributed by atoms with Gasteiger partial charge in [-0.25, -0.2) is 0 Å². The van der Waals surface area contributed by atoms with Crippen LogP contribution in [0.3, 0.4) is 0 Å². The second kappa shape index (κ2) is 4.97. The van der Waals surface area contributed by atoms with Gasteiger partial charge in [0.25, 0.3) is 0 Å². The van der Waals surface area contributed by atoms with Crippen molar-refractivity contribution in [3.63, 3.8) is 0 Å². The molecule has 2 heterocycles. The number of hydrogen-bond donors (Lipinski definition) is 1. The van der Waals surface area contributed by atoms with Crippen molar-refractivity contribution in [2.24, 2.45) is 11.7 Å². The molecule has 2 fully saturated rings. The number of hydrogen-bond acceptors (Lipinski definition) is 5. The van der Waals surface area contributed by atoms with E-state index in [1.165, 1.54) is 25.7 Å². The third-order valence-electron chi connectivity index (χ3n) is 4.07. The van der Waals surface area contributed by atoms with E-state index in [4.69, 9.17) is 10.3 Å². The van der Waals surface area contributed by atoms with Crippen molar-refractivity contribution in [3.05, 3.63) is 11.7 Å². The standard InChI is InChI=1S/C13H22N4O/c1-9(14)11-3-2-6-17(7-11)8-12-15-13(16-18-12)10-4-5-10/h9-11H,2-8,14H2,1H3. The zero-order valence-electron chi connectivity index (χ0n) is 11.0. The Balaban J connectivity index is 1.57. The summed E-state index contributed by atoms with van der Waals surface area (Å²) in [6.07, 6.45) is 4.89. The molecule has 1 aliphatic heterocycles. The highest BCUT2D eigenvalue weighted by Gasteiger charge is 2.29. The number of nitrogens with two attached hydrogens (primary N) is 1. The molecule has 3 rings (SSSR count). The van der Waals surface area contributed by atoms with Crippen LogP contribution in [0.4, 0.5) is 0 Å². The van der Waals surface area contributed by atoms with Gasteiger partial charge in [-0.3, -0.25) is 4.90 Å². The van der Waals surface area contributed by atoms with E-state index in [1.807, 2.05) is 0 Å². The molecule has 100 valence electrons. The predicted octanol–water partition coefficient (Wildman–Crippen LogP) is 1.51. The highest BCUT2D eigenvalue weighted by Crippen LogP contribution is 2.38. The molecular weight excluding hydrogens is 228 g/mol. The summed E-state index contributed by atoms with van der Waals surface area (Å²) in [5, 5.41) is 4.06. The largest absolute Gasteiger partial charge is 0.338 e. The fraction of sp³-hybridized carbons (Fsp3) is 0.846. The molecule has 0 amide bonds. The van der Waals surface area contributed by atoms with Crippen molar-refractivity contribution in [2.45, 2.75) is 51.1 Å². The van der Waals surface area contributed by atoms with Gasteiger partial charge >= 0.3 is 0 Å². The van der Waals surface area contributed by atoms with E-state index in [2.05, 4.69) is 22.0 Å². The highest BCUT2D eigenvalue weighted by atomic mass is 16.5. The molecule has 2 unspecified atom stereocenters. The number of likely N-dealkylation sites (tertiary alicyclic amines) is 1. The predicted molar refractivity (Wildman–Crippen MR) is 67.9 cm³/mol. The first-order valence-corrected chi connectivity index (χ1v) is 7.03. The number of aromatic nitrogens is 2. The van der Waals surface area contributed by atoms with Crippen LogP contribution >= 0.6 is 0 Å². The Labute approximate surface area is 108 Å². The Kier molecular flexibility index (Phi) is 3.35. The Hall–Kier alpha value is -0.940. The maximum Gasteiger partial charge on any atom is 0.240 e. The Morgan fingerprint density at radius 2 is 2.28 bits per heavy atom. The molecule has 0 spiro atoms. The molecule has 0 aromatic carbocycles. The van der Waals surface area contributed by atoms with Crippen molar-refractivity contribution < 1.29 is 4.52 Å². The van der Waals surface area contributed by atoms with Gasteiger partial charge in [-0.05, 0) is 45.1 Å². The topological polar surface area (TPSA) is 68.2 Å². The maximum absolute atomic E-state index is 6.00. The van der Waals surface area contributed by atoms with E-state index in [9.17, 15) is 0 Å². The summed E-state index contributed by atoms with van der Waals surface area (Å²) < 4.78 is 5.33. The molecule has 0 radical (unpaired) electrons. The van der Waals surface area contributed by atoms with Crippen LogP contribution in [0.5, 0.6) is 0 Å². The zero-order valence-corrected chi connectivity index (χ0v) is 11.0. The molecule has 1 aliphatic carbocycles. The minimum absolute atomic E-state index is 0.275. The lowest BCUT2D eigenvalue weighted by atomic mass is 9.92. The summed E-state index contributed by atoms with van der Waals surface area (Å²) >= 11 is 0. The second-order valence-corrected chi connectivity index (χ2v) is 5.82. The Bertz CT molecular complexity index is 399. The van der Waals surface area contributed by atoms with Crippen LogP contribution in [0.2, 0.25) is 0 Å². The summed E-state index contributed by atoms with van der Waals surface area (Å²) in [5.74, 6) is 2.85. The fourth-order valence-corrected chi connectivity index (χ4v) is 2.69. The van der Waals surface area contributed by atoms with Gasteiger partial charge in [-0.15, -0.1) is 0 Å². The molecule has 1 saturated heterocycles. The van der Waals surface area contributed by atoms with Gasteiger partial charge in [0.1, 0.15) is 0 Å². The van der Waals surface area contributed by atoms with Crippen LogP contribution < -0.4 is 5.73 Å². The van der Waals surface area contributed by atoms with Gasteiger partial charge in [-0.2, -0.15) is 4.98 Å².